The largest absolute Gasteiger partial charge is 0.497 e. The predicted octanol–water partition coefficient (Wildman–Crippen LogP) is 0.243. The molecular weight excluding hydrogens is 230 g/mol. The molecule has 0 aliphatic carbocycles. The van der Waals surface area contributed by atoms with Crippen molar-refractivity contribution in [2.24, 2.45) is 0 Å². The van der Waals surface area contributed by atoms with Crippen molar-refractivity contribution in [2.45, 2.75) is 25.5 Å². The molecule has 0 unspecified atom stereocenters. The van der Waals surface area contributed by atoms with Crippen LogP contribution >= 0.6 is 0 Å². The average molecular weight is 252 g/mol. The van der Waals surface area contributed by atoms with E-state index in [1.807, 2.05) is 18.2 Å². The van der Waals surface area contributed by atoms with Gasteiger partial charge in [0.05, 0.1) is 39.0 Å². The third-order valence-electron chi connectivity index (χ3n) is 3.59. The number of piperidine rings is 1. The molecular formula is C14H22NO3+. The molecule has 0 amide bonds. The van der Waals surface area contributed by atoms with Gasteiger partial charge in [0, 0.05) is 12.8 Å². The zero-order valence-electron chi connectivity index (χ0n) is 11.1. The summed E-state index contributed by atoms with van der Waals surface area (Å²) in [5, 5.41) is 9.52. The number of aliphatic hydroxyl groups excluding tert-OH is 1. The summed E-state index contributed by atoms with van der Waals surface area (Å²) in [6.45, 7) is 2.95. The molecule has 1 fully saturated rings. The van der Waals surface area contributed by atoms with E-state index in [4.69, 9.17) is 9.47 Å². The fourth-order valence-corrected chi connectivity index (χ4v) is 2.48. The van der Waals surface area contributed by atoms with Crippen LogP contribution in [0.15, 0.2) is 18.2 Å². The molecule has 2 N–H and O–H groups in total. The lowest BCUT2D eigenvalue weighted by Crippen LogP contribution is -3.12. The van der Waals surface area contributed by atoms with Crippen LogP contribution in [-0.2, 0) is 6.54 Å². The maximum absolute atomic E-state index is 9.52. The van der Waals surface area contributed by atoms with Gasteiger partial charge in [-0.1, -0.05) is 0 Å². The Morgan fingerprint density at radius 1 is 1.22 bits per heavy atom. The number of methoxy groups -OCH3 is 2. The topological polar surface area (TPSA) is 43.1 Å². The van der Waals surface area contributed by atoms with E-state index in [2.05, 4.69) is 0 Å². The van der Waals surface area contributed by atoms with E-state index in [0.717, 1.165) is 44.0 Å². The van der Waals surface area contributed by atoms with Gasteiger partial charge in [-0.05, 0) is 18.2 Å². The Morgan fingerprint density at radius 2 is 1.94 bits per heavy atom. The Kier molecular flexibility index (Phi) is 4.44. The molecule has 1 aliphatic rings. The molecule has 0 spiro atoms. The first-order chi connectivity index (χ1) is 8.72. The molecule has 1 saturated heterocycles. The van der Waals surface area contributed by atoms with Gasteiger partial charge in [-0.25, -0.2) is 0 Å². The summed E-state index contributed by atoms with van der Waals surface area (Å²) in [4.78, 5) is 1.49. The van der Waals surface area contributed by atoms with Crippen LogP contribution in [0.3, 0.4) is 0 Å². The second kappa shape index (κ2) is 6.07. The maximum atomic E-state index is 9.52. The summed E-state index contributed by atoms with van der Waals surface area (Å²) >= 11 is 0. The molecule has 4 heteroatoms. The normalized spacial score (nSPS) is 23.7. The molecule has 1 heterocycles. The van der Waals surface area contributed by atoms with E-state index >= 15 is 0 Å². The lowest BCUT2D eigenvalue weighted by atomic mass is 10.1. The lowest BCUT2D eigenvalue weighted by molar-refractivity contribution is -0.919. The van der Waals surface area contributed by atoms with Crippen LogP contribution in [0.2, 0.25) is 0 Å². The van der Waals surface area contributed by atoms with Gasteiger partial charge in [0.25, 0.3) is 0 Å². The van der Waals surface area contributed by atoms with E-state index in [1.165, 1.54) is 10.5 Å². The maximum Gasteiger partial charge on any atom is 0.127 e. The van der Waals surface area contributed by atoms with Crippen LogP contribution in [0.5, 0.6) is 11.5 Å². The van der Waals surface area contributed by atoms with Crippen LogP contribution in [-0.4, -0.2) is 38.5 Å². The first kappa shape index (κ1) is 13.2. The van der Waals surface area contributed by atoms with E-state index < -0.39 is 0 Å². The second-order valence-corrected chi connectivity index (χ2v) is 4.84. The Hall–Kier alpha value is -1.26. The van der Waals surface area contributed by atoms with E-state index in [0.29, 0.717) is 0 Å². The molecule has 0 saturated carbocycles. The molecule has 1 aromatic rings. The Balaban J connectivity index is 2.07. The summed E-state index contributed by atoms with van der Waals surface area (Å²) in [6.07, 6.45) is 1.67. The molecule has 100 valence electrons. The summed E-state index contributed by atoms with van der Waals surface area (Å²) in [7, 11) is 3.37. The number of rotatable bonds is 4. The minimum Gasteiger partial charge on any atom is -0.497 e. The van der Waals surface area contributed by atoms with Crippen molar-refractivity contribution in [1.82, 2.24) is 0 Å². The van der Waals surface area contributed by atoms with Crippen molar-refractivity contribution in [3.8, 4) is 11.5 Å². The molecule has 2 rings (SSSR count). The number of aliphatic hydroxyl groups is 1. The number of likely N-dealkylation sites (tertiary alicyclic amines) is 1. The van der Waals surface area contributed by atoms with Crippen LogP contribution in [0, 0.1) is 0 Å². The lowest BCUT2D eigenvalue weighted by Gasteiger charge is -2.27. The highest BCUT2D eigenvalue weighted by Crippen LogP contribution is 2.23. The van der Waals surface area contributed by atoms with Gasteiger partial charge in [0.2, 0.25) is 0 Å². The first-order valence-corrected chi connectivity index (χ1v) is 6.45. The number of quaternary nitrogens is 1. The van der Waals surface area contributed by atoms with Crippen molar-refractivity contribution in [3.05, 3.63) is 23.8 Å². The Morgan fingerprint density at radius 3 is 2.56 bits per heavy atom. The van der Waals surface area contributed by atoms with Crippen molar-refractivity contribution in [3.63, 3.8) is 0 Å². The van der Waals surface area contributed by atoms with Gasteiger partial charge in [-0.3, -0.25) is 0 Å². The number of hydrogen-bond acceptors (Lipinski definition) is 3. The molecule has 18 heavy (non-hydrogen) atoms. The van der Waals surface area contributed by atoms with Gasteiger partial charge in [-0.15, -0.1) is 0 Å². The quantitative estimate of drug-likeness (QED) is 0.807. The summed E-state index contributed by atoms with van der Waals surface area (Å²) in [5.41, 5.74) is 1.17. The molecule has 0 aromatic heterocycles. The van der Waals surface area contributed by atoms with E-state index in [-0.39, 0.29) is 6.10 Å². The minimum absolute atomic E-state index is 0.110. The monoisotopic (exact) mass is 252 g/mol. The fraction of sp³-hybridized carbons (Fsp3) is 0.571. The third-order valence-corrected chi connectivity index (χ3v) is 3.59. The second-order valence-electron chi connectivity index (χ2n) is 4.84. The molecule has 0 radical (unpaired) electrons. The molecule has 0 atom stereocenters. The van der Waals surface area contributed by atoms with Gasteiger partial charge in [0.15, 0.2) is 0 Å². The third kappa shape index (κ3) is 3.15. The van der Waals surface area contributed by atoms with Gasteiger partial charge in [0.1, 0.15) is 18.0 Å². The van der Waals surface area contributed by atoms with Gasteiger partial charge in [-0.2, -0.15) is 0 Å². The molecule has 4 nitrogen and oxygen atoms in total. The van der Waals surface area contributed by atoms with Crippen molar-refractivity contribution >= 4 is 0 Å². The summed E-state index contributed by atoms with van der Waals surface area (Å²) in [5.74, 6) is 1.77. The van der Waals surface area contributed by atoms with Crippen molar-refractivity contribution in [2.75, 3.05) is 27.3 Å². The highest BCUT2D eigenvalue weighted by atomic mass is 16.5. The standard InChI is InChI=1S/C14H21NO3/c1-17-13-3-4-14(18-2)11(9-13)10-15-7-5-12(16)6-8-15/h3-4,9,12,16H,5-8,10H2,1-2H3/p+1. The number of ether oxygens (including phenoxy) is 2. The van der Waals surface area contributed by atoms with Crippen LogP contribution < -0.4 is 14.4 Å². The molecule has 0 bridgehead atoms. The zero-order valence-corrected chi connectivity index (χ0v) is 11.1. The number of benzene rings is 1. The Labute approximate surface area is 108 Å². The highest BCUT2D eigenvalue weighted by Gasteiger charge is 2.21. The smallest absolute Gasteiger partial charge is 0.127 e. The Bertz CT molecular complexity index is 387. The summed E-state index contributed by atoms with van der Waals surface area (Å²) in [6, 6.07) is 5.90. The predicted molar refractivity (Wildman–Crippen MR) is 69.2 cm³/mol. The zero-order chi connectivity index (χ0) is 13.0. The van der Waals surface area contributed by atoms with E-state index in [1.54, 1.807) is 14.2 Å². The van der Waals surface area contributed by atoms with Crippen LogP contribution in [0.1, 0.15) is 18.4 Å². The highest BCUT2D eigenvalue weighted by molar-refractivity contribution is 5.39. The minimum atomic E-state index is -0.110. The number of nitrogens with one attached hydrogen (secondary N) is 1. The molecule has 1 aromatic carbocycles. The van der Waals surface area contributed by atoms with Crippen LogP contribution in [0.4, 0.5) is 0 Å². The fourth-order valence-electron chi connectivity index (χ4n) is 2.48. The SMILES string of the molecule is COc1ccc(OC)c(C[NH+]2CCC(O)CC2)c1. The van der Waals surface area contributed by atoms with Crippen molar-refractivity contribution < 1.29 is 19.5 Å². The number of hydrogen-bond donors (Lipinski definition) is 2. The van der Waals surface area contributed by atoms with Gasteiger partial charge >= 0.3 is 0 Å². The van der Waals surface area contributed by atoms with Crippen molar-refractivity contribution in [1.29, 1.82) is 0 Å². The average Bonchev–Trinajstić information content (AvgIpc) is 2.41. The molecule has 1 aliphatic heterocycles. The first-order valence-electron chi connectivity index (χ1n) is 6.45. The van der Waals surface area contributed by atoms with E-state index in [9.17, 15) is 5.11 Å². The summed E-state index contributed by atoms with van der Waals surface area (Å²) < 4.78 is 10.6. The van der Waals surface area contributed by atoms with Crippen LogP contribution in [0.25, 0.3) is 0 Å². The van der Waals surface area contributed by atoms with Gasteiger partial charge < -0.3 is 19.5 Å².